The quantitative estimate of drug-likeness (QED) is 0.0523. The molecule has 4 heterocycles. The molecule has 7 heteroatoms. The van der Waals surface area contributed by atoms with E-state index in [0.29, 0.717) is 46.1 Å². The predicted molar refractivity (Wildman–Crippen MR) is 211 cm³/mol. The Morgan fingerprint density at radius 3 is 1.40 bits per heavy atom. The van der Waals surface area contributed by atoms with Crippen molar-refractivity contribution in [2.45, 2.75) is 97.8 Å². The van der Waals surface area contributed by atoms with Gasteiger partial charge in [-0.25, -0.2) is 0 Å². The van der Waals surface area contributed by atoms with Crippen molar-refractivity contribution in [3.05, 3.63) is 143 Å². The third-order valence-electron chi connectivity index (χ3n) is 9.93. The maximum Gasteiger partial charge on any atom is 0.269 e. The summed E-state index contributed by atoms with van der Waals surface area (Å²) in [5.74, 6) is 12.8. The van der Waals surface area contributed by atoms with E-state index < -0.39 is 4.92 Å². The molecule has 0 aliphatic heterocycles. The van der Waals surface area contributed by atoms with Gasteiger partial charge in [0, 0.05) is 23.3 Å². The van der Waals surface area contributed by atoms with Gasteiger partial charge in [0.05, 0.1) is 26.7 Å². The van der Waals surface area contributed by atoms with Crippen molar-refractivity contribution in [3.8, 4) is 23.7 Å². The monoisotopic (exact) mass is 691 g/mol. The van der Waals surface area contributed by atoms with Crippen LogP contribution in [0, 0.1) is 40.7 Å². The van der Waals surface area contributed by atoms with Crippen LogP contribution in [0.3, 0.4) is 0 Å². The molecular formula is C45H45N3O4. The van der Waals surface area contributed by atoms with Crippen LogP contribution in [0.25, 0.3) is 21.8 Å². The zero-order valence-electron chi connectivity index (χ0n) is 30.4. The molecule has 4 aromatic heterocycles. The highest BCUT2D eigenvalue weighted by Crippen LogP contribution is 2.29. The Hall–Kier alpha value is -5.66. The summed E-state index contributed by atoms with van der Waals surface area (Å²) in [6.45, 7) is 6.43. The molecular weight excluding hydrogens is 647 g/mol. The van der Waals surface area contributed by atoms with E-state index in [0.717, 1.165) is 92.0 Å². The fraction of sp³-hybridized carbons (Fsp3) is 0.333. The third kappa shape index (κ3) is 7.65. The Kier molecular flexibility index (Phi) is 11.5. The van der Waals surface area contributed by atoms with E-state index in [1.807, 2.05) is 55.5 Å². The van der Waals surface area contributed by atoms with Crippen molar-refractivity contribution < 1.29 is 4.92 Å². The van der Waals surface area contributed by atoms with Gasteiger partial charge in [0.15, 0.2) is 0 Å². The molecule has 6 rings (SSSR count). The van der Waals surface area contributed by atoms with Crippen molar-refractivity contribution in [2.75, 3.05) is 0 Å². The summed E-state index contributed by atoms with van der Waals surface area (Å²) >= 11 is 0. The fourth-order valence-corrected chi connectivity index (χ4v) is 7.12. The molecule has 264 valence electrons. The lowest BCUT2D eigenvalue weighted by Crippen LogP contribution is -2.25. The number of fused-ring (bicyclic) bond motifs is 3. The molecule has 0 radical (unpaired) electrons. The molecule has 0 saturated heterocycles. The lowest BCUT2D eigenvalue weighted by atomic mass is 9.95. The highest BCUT2D eigenvalue weighted by Gasteiger charge is 2.23. The first-order valence-corrected chi connectivity index (χ1v) is 18.7. The molecule has 0 saturated carbocycles. The summed E-state index contributed by atoms with van der Waals surface area (Å²) in [4.78, 5) is 40.3. The molecule has 0 bridgehead atoms. The third-order valence-corrected chi connectivity index (χ3v) is 9.93. The van der Waals surface area contributed by atoms with Gasteiger partial charge in [-0.15, -0.1) is 0 Å². The number of hydrogen-bond acceptors (Lipinski definition) is 4. The lowest BCUT2D eigenvalue weighted by molar-refractivity contribution is -0.384. The SMILES string of the molecule is CCCCCCCc1c2c(=O)n3c(C#Cc4ccc([N+](=O)[O-])cc4)ccc3c(CCCCCCC)c2c(=O)n2c(C#Cc3ccc(C)cc3)ccc12. The molecule has 0 spiro atoms. The fourth-order valence-electron chi connectivity index (χ4n) is 7.12. The van der Waals surface area contributed by atoms with Crippen LogP contribution in [-0.4, -0.2) is 13.7 Å². The first-order chi connectivity index (χ1) is 25.3. The second-order valence-electron chi connectivity index (χ2n) is 13.7. The molecule has 0 aliphatic carbocycles. The van der Waals surface area contributed by atoms with E-state index in [4.69, 9.17) is 0 Å². The zero-order valence-corrected chi connectivity index (χ0v) is 30.4. The minimum Gasteiger partial charge on any atom is -0.269 e. The summed E-state index contributed by atoms with van der Waals surface area (Å²) in [7, 11) is 0. The highest BCUT2D eigenvalue weighted by molar-refractivity contribution is 5.96. The first-order valence-electron chi connectivity index (χ1n) is 18.7. The maximum absolute atomic E-state index is 14.8. The minimum absolute atomic E-state index is 0.00722. The molecule has 0 aliphatic rings. The number of benzene rings is 2. The Labute approximate surface area is 304 Å². The van der Waals surface area contributed by atoms with Gasteiger partial charge in [-0.2, -0.15) is 0 Å². The van der Waals surface area contributed by atoms with Crippen LogP contribution in [0.2, 0.25) is 0 Å². The van der Waals surface area contributed by atoms with Gasteiger partial charge < -0.3 is 0 Å². The number of nitrogens with zero attached hydrogens (tertiary/aromatic N) is 3. The first kappa shape index (κ1) is 36.1. The Morgan fingerprint density at radius 2 is 0.981 bits per heavy atom. The molecule has 0 N–H and O–H groups in total. The number of hydrogen-bond donors (Lipinski definition) is 0. The van der Waals surface area contributed by atoms with Gasteiger partial charge in [-0.3, -0.25) is 28.5 Å². The normalized spacial score (nSPS) is 11.1. The number of unbranched alkanes of at least 4 members (excludes halogenated alkanes) is 8. The van der Waals surface area contributed by atoms with Crippen LogP contribution in [0.5, 0.6) is 0 Å². The summed E-state index contributed by atoms with van der Waals surface area (Å²) in [5.41, 5.74) is 6.50. The van der Waals surface area contributed by atoms with Gasteiger partial charge in [-0.05, 0) is 104 Å². The van der Waals surface area contributed by atoms with E-state index in [1.165, 1.54) is 12.1 Å². The van der Waals surface area contributed by atoms with E-state index in [-0.39, 0.29) is 16.8 Å². The summed E-state index contributed by atoms with van der Waals surface area (Å²) in [5, 5.41) is 12.1. The number of pyridine rings is 2. The standard InChI is InChI=1S/C45H45N3O4/c1-4-6-8-10-12-14-38-40-30-28-35(24-20-33-18-16-32(3)17-19-33)46(40)44(49)42-39(15-13-11-9-7-5-2)41-31-29-36(47(41)45(50)43(38)42)25-21-34-22-26-37(27-23-34)48(51)52/h16-19,22-23,26-31H,4-15H2,1-3H3. The largest absolute Gasteiger partial charge is 0.269 e. The average Bonchev–Trinajstić information content (AvgIpc) is 3.78. The molecule has 2 aromatic carbocycles. The number of aryl methyl sites for hydroxylation is 3. The van der Waals surface area contributed by atoms with Crippen LogP contribution in [0.15, 0.2) is 82.4 Å². The molecule has 0 amide bonds. The van der Waals surface area contributed by atoms with Crippen LogP contribution in [0.4, 0.5) is 5.69 Å². The van der Waals surface area contributed by atoms with Crippen molar-refractivity contribution in [2.24, 2.45) is 0 Å². The summed E-state index contributed by atoms with van der Waals surface area (Å²) < 4.78 is 3.42. The molecule has 7 nitrogen and oxygen atoms in total. The molecule has 52 heavy (non-hydrogen) atoms. The van der Waals surface area contributed by atoms with Crippen molar-refractivity contribution >= 4 is 27.5 Å². The lowest BCUT2D eigenvalue weighted by Gasteiger charge is -2.15. The minimum atomic E-state index is -0.441. The van der Waals surface area contributed by atoms with E-state index >= 15 is 0 Å². The predicted octanol–water partition coefficient (Wildman–Crippen LogP) is 9.55. The number of nitro benzene ring substituents is 1. The number of nitro groups is 1. The van der Waals surface area contributed by atoms with E-state index in [1.54, 1.807) is 20.9 Å². The van der Waals surface area contributed by atoms with Crippen LogP contribution >= 0.6 is 0 Å². The summed E-state index contributed by atoms with van der Waals surface area (Å²) in [6.07, 6.45) is 12.0. The molecule has 0 fully saturated rings. The van der Waals surface area contributed by atoms with Crippen LogP contribution in [-0.2, 0) is 12.8 Å². The molecule has 0 unspecified atom stereocenters. The average molecular weight is 692 g/mol. The van der Waals surface area contributed by atoms with Gasteiger partial charge >= 0.3 is 0 Å². The molecule has 6 aromatic rings. The van der Waals surface area contributed by atoms with Crippen LogP contribution < -0.4 is 11.1 Å². The van der Waals surface area contributed by atoms with Gasteiger partial charge in [0.25, 0.3) is 16.8 Å². The van der Waals surface area contributed by atoms with Gasteiger partial charge in [0.2, 0.25) is 0 Å². The molecule has 0 atom stereocenters. The van der Waals surface area contributed by atoms with Crippen molar-refractivity contribution in [1.29, 1.82) is 0 Å². The van der Waals surface area contributed by atoms with Crippen molar-refractivity contribution in [3.63, 3.8) is 0 Å². The highest BCUT2D eigenvalue weighted by atomic mass is 16.6. The second kappa shape index (κ2) is 16.6. The number of non-ortho nitro benzene ring substituents is 1. The zero-order chi connectivity index (χ0) is 36.6. The van der Waals surface area contributed by atoms with Crippen LogP contribution in [0.1, 0.15) is 117 Å². The van der Waals surface area contributed by atoms with E-state index in [9.17, 15) is 19.7 Å². The van der Waals surface area contributed by atoms with Gasteiger partial charge in [-0.1, -0.05) is 94.8 Å². The van der Waals surface area contributed by atoms with E-state index in [2.05, 4.69) is 37.5 Å². The van der Waals surface area contributed by atoms with Crippen molar-refractivity contribution in [1.82, 2.24) is 8.80 Å². The number of rotatable bonds is 13. The second-order valence-corrected chi connectivity index (χ2v) is 13.7. The smallest absolute Gasteiger partial charge is 0.269 e. The number of aromatic nitrogens is 2. The Morgan fingerprint density at radius 1 is 0.558 bits per heavy atom. The summed E-state index contributed by atoms with van der Waals surface area (Å²) in [6, 6.07) is 21.7. The Bertz CT molecular complexity index is 2470. The Balaban J connectivity index is 1.58. The maximum atomic E-state index is 14.8. The topological polar surface area (TPSA) is 86.1 Å². The van der Waals surface area contributed by atoms with Gasteiger partial charge in [0.1, 0.15) is 11.4 Å².